The molecule has 5 nitrogen and oxygen atoms in total. The normalized spacial score (nSPS) is 14.7. The van der Waals surface area contributed by atoms with Gasteiger partial charge < -0.3 is 10.2 Å². The molecule has 0 unspecified atom stereocenters. The zero-order valence-electron chi connectivity index (χ0n) is 14.6. The van der Waals surface area contributed by atoms with Gasteiger partial charge in [0.2, 0.25) is 0 Å². The Balaban J connectivity index is 1.71. The monoisotopic (exact) mass is 403 g/mol. The molecule has 0 saturated carbocycles. The summed E-state index contributed by atoms with van der Waals surface area (Å²) in [4.78, 5) is 17.8. The minimum Gasteiger partial charge on any atom is -0.353 e. The summed E-state index contributed by atoms with van der Waals surface area (Å²) in [6, 6.07) is 10.1. The number of para-hydroxylation sites is 1. The molecule has 4 rings (SSSR count). The molecule has 3 aromatic rings. The smallest absolute Gasteiger partial charge is 0.191 e. The molecule has 136 valence electrons. The van der Waals surface area contributed by atoms with Gasteiger partial charge in [-0.25, -0.2) is 15.0 Å². The van der Waals surface area contributed by atoms with E-state index >= 15 is 0 Å². The van der Waals surface area contributed by atoms with E-state index in [1.54, 1.807) is 23.1 Å². The second kappa shape index (κ2) is 8.45. The van der Waals surface area contributed by atoms with Gasteiger partial charge in [-0.05, 0) is 18.6 Å². The van der Waals surface area contributed by atoms with Crippen LogP contribution in [0.15, 0.2) is 35.5 Å². The highest BCUT2D eigenvalue weighted by Crippen LogP contribution is 2.34. The Morgan fingerprint density at radius 1 is 1.12 bits per heavy atom. The molecule has 3 heterocycles. The van der Waals surface area contributed by atoms with Crippen LogP contribution in [-0.4, -0.2) is 45.3 Å². The molecule has 1 fully saturated rings. The SMILES string of the molecule is CCCSc1nc(N2CCSCC2)c2nc(Nc3ccccc3)sc2n1. The second-order valence-electron chi connectivity index (χ2n) is 5.94. The van der Waals surface area contributed by atoms with E-state index in [0.29, 0.717) is 0 Å². The largest absolute Gasteiger partial charge is 0.353 e. The van der Waals surface area contributed by atoms with Crippen molar-refractivity contribution in [2.75, 3.05) is 40.6 Å². The summed E-state index contributed by atoms with van der Waals surface area (Å²) in [5.74, 6) is 4.31. The first-order valence-corrected chi connectivity index (χ1v) is 11.8. The Labute approximate surface area is 166 Å². The van der Waals surface area contributed by atoms with Gasteiger partial charge in [0, 0.05) is 36.0 Å². The number of thiazole rings is 1. The van der Waals surface area contributed by atoms with E-state index in [0.717, 1.165) is 68.9 Å². The molecule has 1 aromatic carbocycles. The lowest BCUT2D eigenvalue weighted by molar-refractivity contribution is 0.823. The summed E-state index contributed by atoms with van der Waals surface area (Å²) >= 11 is 5.33. The molecule has 0 atom stereocenters. The van der Waals surface area contributed by atoms with E-state index in [1.807, 2.05) is 42.1 Å². The van der Waals surface area contributed by atoms with E-state index in [2.05, 4.69) is 17.1 Å². The van der Waals surface area contributed by atoms with Gasteiger partial charge in [-0.3, -0.25) is 0 Å². The quantitative estimate of drug-likeness (QED) is 0.465. The van der Waals surface area contributed by atoms with Crippen LogP contribution >= 0.6 is 34.9 Å². The molecule has 0 aliphatic carbocycles. The minimum absolute atomic E-state index is 0.863. The predicted molar refractivity (Wildman–Crippen MR) is 115 cm³/mol. The van der Waals surface area contributed by atoms with Gasteiger partial charge in [0.05, 0.1) is 0 Å². The Hall–Kier alpha value is -1.51. The van der Waals surface area contributed by atoms with Crippen LogP contribution in [0.5, 0.6) is 0 Å². The maximum Gasteiger partial charge on any atom is 0.191 e. The van der Waals surface area contributed by atoms with E-state index in [-0.39, 0.29) is 0 Å². The minimum atomic E-state index is 0.863. The number of benzene rings is 1. The van der Waals surface area contributed by atoms with Crippen LogP contribution in [0.25, 0.3) is 10.3 Å². The van der Waals surface area contributed by atoms with Gasteiger partial charge >= 0.3 is 0 Å². The van der Waals surface area contributed by atoms with E-state index in [1.165, 1.54) is 0 Å². The van der Waals surface area contributed by atoms with Crippen LogP contribution in [-0.2, 0) is 0 Å². The average Bonchev–Trinajstić information content (AvgIpc) is 3.09. The third-order valence-corrected chi connectivity index (χ3v) is 6.85. The number of fused-ring (bicyclic) bond motifs is 1. The number of nitrogens with one attached hydrogen (secondary N) is 1. The summed E-state index contributed by atoms with van der Waals surface area (Å²) in [5, 5.41) is 5.13. The molecule has 0 amide bonds. The van der Waals surface area contributed by atoms with Crippen LogP contribution < -0.4 is 10.2 Å². The first-order valence-electron chi connectivity index (χ1n) is 8.79. The molecule has 1 saturated heterocycles. The van der Waals surface area contributed by atoms with Gasteiger partial charge in [-0.1, -0.05) is 48.2 Å². The zero-order valence-corrected chi connectivity index (χ0v) is 17.1. The molecular weight excluding hydrogens is 382 g/mol. The molecule has 0 radical (unpaired) electrons. The van der Waals surface area contributed by atoms with Crippen molar-refractivity contribution < 1.29 is 0 Å². The van der Waals surface area contributed by atoms with E-state index in [9.17, 15) is 0 Å². The fraction of sp³-hybridized carbons (Fsp3) is 0.389. The number of rotatable bonds is 6. The molecule has 1 N–H and O–H groups in total. The maximum atomic E-state index is 4.87. The van der Waals surface area contributed by atoms with Gasteiger partial charge in [0.15, 0.2) is 20.9 Å². The third-order valence-electron chi connectivity index (χ3n) is 3.99. The number of thioether (sulfide) groups is 2. The highest BCUT2D eigenvalue weighted by molar-refractivity contribution is 7.99. The lowest BCUT2D eigenvalue weighted by Crippen LogP contribution is -2.33. The lowest BCUT2D eigenvalue weighted by Gasteiger charge is -2.27. The van der Waals surface area contributed by atoms with Crippen molar-refractivity contribution in [3.8, 4) is 0 Å². The van der Waals surface area contributed by atoms with Crippen molar-refractivity contribution in [2.45, 2.75) is 18.5 Å². The first-order chi connectivity index (χ1) is 12.8. The zero-order chi connectivity index (χ0) is 17.8. The van der Waals surface area contributed by atoms with Gasteiger partial charge in [-0.15, -0.1) is 0 Å². The Morgan fingerprint density at radius 3 is 2.69 bits per heavy atom. The fourth-order valence-corrected chi connectivity index (χ4v) is 5.25. The number of anilines is 3. The molecule has 2 aromatic heterocycles. The Morgan fingerprint density at radius 2 is 1.92 bits per heavy atom. The Bertz CT molecular complexity index is 862. The summed E-state index contributed by atoms with van der Waals surface area (Å²) in [7, 11) is 0. The van der Waals surface area contributed by atoms with Crippen LogP contribution in [0.3, 0.4) is 0 Å². The summed E-state index contributed by atoms with van der Waals surface area (Å²) in [6.07, 6.45) is 1.12. The third kappa shape index (κ3) is 4.07. The number of nitrogens with zero attached hydrogens (tertiary/aromatic N) is 4. The van der Waals surface area contributed by atoms with Crippen molar-refractivity contribution in [3.05, 3.63) is 30.3 Å². The van der Waals surface area contributed by atoms with Crippen molar-refractivity contribution in [1.82, 2.24) is 15.0 Å². The standard InChI is InChI=1S/C18H21N5S3/c1-2-10-25-17-21-15(23-8-11-24-12-9-23)14-16(22-17)26-18(20-14)19-13-6-4-3-5-7-13/h3-7H,2,8-12H2,1H3,(H,19,20). The molecule has 1 aliphatic heterocycles. The summed E-state index contributed by atoms with van der Waals surface area (Å²) < 4.78 is 0. The predicted octanol–water partition coefficient (Wildman–Crippen LogP) is 4.89. The van der Waals surface area contributed by atoms with Gasteiger partial charge in [-0.2, -0.15) is 11.8 Å². The van der Waals surface area contributed by atoms with Crippen LogP contribution in [0, 0.1) is 0 Å². The average molecular weight is 404 g/mol. The number of aromatic nitrogens is 3. The van der Waals surface area contributed by atoms with Crippen molar-refractivity contribution in [2.24, 2.45) is 0 Å². The van der Waals surface area contributed by atoms with E-state index in [4.69, 9.17) is 15.0 Å². The molecule has 0 bridgehead atoms. The van der Waals surface area contributed by atoms with Gasteiger partial charge in [0.1, 0.15) is 5.52 Å². The van der Waals surface area contributed by atoms with E-state index < -0.39 is 0 Å². The summed E-state index contributed by atoms with van der Waals surface area (Å²) in [5.41, 5.74) is 1.96. The van der Waals surface area contributed by atoms with Crippen molar-refractivity contribution >= 4 is 61.8 Å². The van der Waals surface area contributed by atoms with Crippen LogP contribution in [0.4, 0.5) is 16.6 Å². The topological polar surface area (TPSA) is 53.9 Å². The van der Waals surface area contributed by atoms with Crippen LogP contribution in [0.1, 0.15) is 13.3 Å². The van der Waals surface area contributed by atoms with Crippen molar-refractivity contribution in [1.29, 1.82) is 0 Å². The molecule has 26 heavy (non-hydrogen) atoms. The fourth-order valence-electron chi connectivity index (χ4n) is 2.74. The highest BCUT2D eigenvalue weighted by Gasteiger charge is 2.20. The molecular formula is C18H21N5S3. The van der Waals surface area contributed by atoms with Crippen molar-refractivity contribution in [3.63, 3.8) is 0 Å². The number of hydrogen-bond acceptors (Lipinski definition) is 8. The molecule has 8 heteroatoms. The van der Waals surface area contributed by atoms with Crippen LogP contribution in [0.2, 0.25) is 0 Å². The molecule has 1 aliphatic rings. The molecule has 0 spiro atoms. The Kier molecular flexibility index (Phi) is 5.81. The summed E-state index contributed by atoms with van der Waals surface area (Å²) in [6.45, 7) is 4.23. The number of hydrogen-bond donors (Lipinski definition) is 1. The van der Waals surface area contributed by atoms with Gasteiger partial charge in [0.25, 0.3) is 0 Å². The second-order valence-corrected chi connectivity index (χ2v) is 9.21. The first kappa shape index (κ1) is 17.9. The maximum absolute atomic E-state index is 4.87. The lowest BCUT2D eigenvalue weighted by atomic mass is 10.3. The highest BCUT2D eigenvalue weighted by atomic mass is 32.2.